The van der Waals surface area contributed by atoms with Crippen molar-refractivity contribution in [1.82, 2.24) is 9.80 Å². The Morgan fingerprint density at radius 3 is 1.97 bits per heavy atom. The molecule has 0 atom stereocenters. The summed E-state index contributed by atoms with van der Waals surface area (Å²) in [6.45, 7) is 7.57. The van der Waals surface area contributed by atoms with Crippen LogP contribution < -0.4 is 0 Å². The van der Waals surface area contributed by atoms with Gasteiger partial charge in [0.05, 0.1) is 5.41 Å². The second kappa shape index (κ2) is 9.25. The smallest absolute Gasteiger partial charge is 0.228 e. The first kappa shape index (κ1) is 23.1. The summed E-state index contributed by atoms with van der Waals surface area (Å²) in [6, 6.07) is 18.9. The molecule has 1 heterocycles. The fourth-order valence-electron chi connectivity index (χ4n) is 4.53. The zero-order chi connectivity index (χ0) is 22.6. The lowest BCUT2D eigenvalue weighted by atomic mass is 9.72. The minimum absolute atomic E-state index is 0.0222. The van der Waals surface area contributed by atoms with Gasteiger partial charge >= 0.3 is 0 Å². The molecular formula is C27H36N2O2. The molecule has 0 spiro atoms. The fourth-order valence-corrected chi connectivity index (χ4v) is 4.53. The van der Waals surface area contributed by atoms with E-state index in [1.54, 1.807) is 4.90 Å². The molecule has 1 saturated heterocycles. The molecule has 2 aromatic rings. The molecule has 0 saturated carbocycles. The molecule has 0 aliphatic carbocycles. The van der Waals surface area contributed by atoms with Gasteiger partial charge in [-0.05, 0) is 41.4 Å². The zero-order valence-electron chi connectivity index (χ0n) is 19.6. The first-order valence-corrected chi connectivity index (χ1v) is 11.2. The van der Waals surface area contributed by atoms with Crippen LogP contribution in [0.4, 0.5) is 0 Å². The summed E-state index contributed by atoms with van der Waals surface area (Å²) >= 11 is 0. The van der Waals surface area contributed by atoms with E-state index < -0.39 is 5.41 Å². The maximum absolute atomic E-state index is 13.2. The van der Waals surface area contributed by atoms with Crippen molar-refractivity contribution in [2.24, 2.45) is 10.8 Å². The standard InChI is InChI=1S/C27H36N2O2/c1-26(2,3)20-24(30)29-17-15-27(16-18-29,25(31)28(4)5)19-21-11-13-23(14-12-21)22-9-7-6-8-10-22/h6-14H,15-20H2,1-5H3. The van der Waals surface area contributed by atoms with E-state index >= 15 is 0 Å². The van der Waals surface area contributed by atoms with E-state index in [4.69, 9.17) is 0 Å². The van der Waals surface area contributed by atoms with Crippen LogP contribution in [0.5, 0.6) is 0 Å². The highest BCUT2D eigenvalue weighted by molar-refractivity contribution is 5.83. The van der Waals surface area contributed by atoms with Crippen molar-refractivity contribution in [3.63, 3.8) is 0 Å². The quantitative estimate of drug-likeness (QED) is 0.681. The van der Waals surface area contributed by atoms with Gasteiger partial charge in [0.1, 0.15) is 0 Å². The number of carbonyl (C=O) groups is 2. The molecule has 0 N–H and O–H groups in total. The van der Waals surface area contributed by atoms with Gasteiger partial charge in [-0.25, -0.2) is 0 Å². The summed E-state index contributed by atoms with van der Waals surface area (Å²) in [7, 11) is 3.67. The summed E-state index contributed by atoms with van der Waals surface area (Å²) < 4.78 is 0. The molecular weight excluding hydrogens is 384 g/mol. The highest BCUT2D eigenvalue weighted by Crippen LogP contribution is 2.38. The van der Waals surface area contributed by atoms with E-state index in [1.165, 1.54) is 16.7 Å². The Hall–Kier alpha value is -2.62. The van der Waals surface area contributed by atoms with Gasteiger partial charge in [0.2, 0.25) is 11.8 Å². The normalized spacial score (nSPS) is 16.1. The Balaban J connectivity index is 1.75. The Morgan fingerprint density at radius 1 is 0.903 bits per heavy atom. The summed E-state index contributed by atoms with van der Waals surface area (Å²) in [5, 5.41) is 0. The number of nitrogens with zero attached hydrogens (tertiary/aromatic N) is 2. The molecule has 3 rings (SSSR count). The Labute approximate surface area is 187 Å². The molecule has 0 radical (unpaired) electrons. The second-order valence-corrected chi connectivity index (χ2v) is 10.3. The number of hydrogen-bond donors (Lipinski definition) is 0. The van der Waals surface area contributed by atoms with Crippen LogP contribution in [-0.4, -0.2) is 48.8 Å². The van der Waals surface area contributed by atoms with E-state index in [0.29, 0.717) is 38.8 Å². The number of benzene rings is 2. The van der Waals surface area contributed by atoms with Gasteiger partial charge in [-0.2, -0.15) is 0 Å². The highest BCUT2D eigenvalue weighted by Gasteiger charge is 2.43. The van der Waals surface area contributed by atoms with Crippen LogP contribution in [0.1, 0.15) is 45.6 Å². The number of amides is 2. The van der Waals surface area contributed by atoms with Crippen LogP contribution in [0.15, 0.2) is 54.6 Å². The molecule has 166 valence electrons. The Bertz CT molecular complexity index is 887. The van der Waals surface area contributed by atoms with E-state index in [0.717, 1.165) is 0 Å². The van der Waals surface area contributed by atoms with Crippen molar-refractivity contribution in [1.29, 1.82) is 0 Å². The average molecular weight is 421 g/mol. The molecule has 1 fully saturated rings. The molecule has 4 nitrogen and oxygen atoms in total. The number of piperidine rings is 1. The number of carbonyl (C=O) groups excluding carboxylic acids is 2. The molecule has 0 unspecified atom stereocenters. The van der Waals surface area contributed by atoms with E-state index in [1.807, 2.05) is 37.2 Å². The first-order valence-electron chi connectivity index (χ1n) is 11.2. The van der Waals surface area contributed by atoms with Crippen molar-refractivity contribution in [2.75, 3.05) is 27.2 Å². The topological polar surface area (TPSA) is 40.6 Å². The van der Waals surface area contributed by atoms with Crippen LogP contribution in [0.3, 0.4) is 0 Å². The summed E-state index contributed by atoms with van der Waals surface area (Å²) in [6.07, 6.45) is 2.67. The van der Waals surface area contributed by atoms with Gasteiger partial charge in [-0.1, -0.05) is 75.4 Å². The van der Waals surface area contributed by atoms with Crippen LogP contribution in [0.25, 0.3) is 11.1 Å². The lowest BCUT2D eigenvalue weighted by Crippen LogP contribution is -2.51. The zero-order valence-corrected chi connectivity index (χ0v) is 19.6. The monoisotopic (exact) mass is 420 g/mol. The SMILES string of the molecule is CN(C)C(=O)C1(Cc2ccc(-c3ccccc3)cc2)CCN(C(=O)CC(C)(C)C)CC1. The third-order valence-electron chi connectivity index (χ3n) is 6.22. The molecule has 31 heavy (non-hydrogen) atoms. The lowest BCUT2D eigenvalue weighted by Gasteiger charge is -2.42. The molecule has 0 bridgehead atoms. The maximum atomic E-state index is 13.2. The van der Waals surface area contributed by atoms with Crippen LogP contribution in [0.2, 0.25) is 0 Å². The van der Waals surface area contributed by atoms with E-state index in [2.05, 4.69) is 57.2 Å². The number of rotatable bonds is 5. The number of hydrogen-bond acceptors (Lipinski definition) is 2. The largest absolute Gasteiger partial charge is 0.348 e. The average Bonchev–Trinajstić information content (AvgIpc) is 2.73. The maximum Gasteiger partial charge on any atom is 0.228 e. The Kier molecular flexibility index (Phi) is 6.88. The van der Waals surface area contributed by atoms with Crippen LogP contribution >= 0.6 is 0 Å². The van der Waals surface area contributed by atoms with Crippen molar-refractivity contribution in [3.8, 4) is 11.1 Å². The minimum Gasteiger partial charge on any atom is -0.348 e. The van der Waals surface area contributed by atoms with Crippen LogP contribution in [0, 0.1) is 10.8 Å². The fraction of sp³-hybridized carbons (Fsp3) is 0.481. The molecule has 1 aliphatic rings. The second-order valence-electron chi connectivity index (χ2n) is 10.3. The van der Waals surface area contributed by atoms with E-state index in [9.17, 15) is 9.59 Å². The number of likely N-dealkylation sites (tertiary alicyclic amines) is 1. The molecule has 0 aromatic heterocycles. The minimum atomic E-state index is -0.448. The molecule has 1 aliphatic heterocycles. The van der Waals surface area contributed by atoms with Gasteiger partial charge in [0.15, 0.2) is 0 Å². The highest BCUT2D eigenvalue weighted by atomic mass is 16.2. The molecule has 4 heteroatoms. The lowest BCUT2D eigenvalue weighted by molar-refractivity contribution is -0.146. The molecule has 2 aromatic carbocycles. The third-order valence-corrected chi connectivity index (χ3v) is 6.22. The summed E-state index contributed by atoms with van der Waals surface area (Å²) in [5.74, 6) is 0.369. The molecule has 2 amide bonds. The van der Waals surface area contributed by atoms with Crippen molar-refractivity contribution >= 4 is 11.8 Å². The van der Waals surface area contributed by atoms with Gasteiger partial charge < -0.3 is 9.80 Å². The summed E-state index contributed by atoms with van der Waals surface area (Å²) in [5.41, 5.74) is 3.07. The van der Waals surface area contributed by atoms with Crippen molar-refractivity contribution in [2.45, 2.75) is 46.5 Å². The predicted octanol–water partition coefficient (Wildman–Crippen LogP) is 5.03. The van der Waals surface area contributed by atoms with Gasteiger partial charge in [0.25, 0.3) is 0 Å². The van der Waals surface area contributed by atoms with Crippen molar-refractivity contribution < 1.29 is 9.59 Å². The van der Waals surface area contributed by atoms with Crippen molar-refractivity contribution in [3.05, 3.63) is 60.2 Å². The van der Waals surface area contributed by atoms with Gasteiger partial charge in [-0.3, -0.25) is 9.59 Å². The Morgan fingerprint density at radius 2 is 1.45 bits per heavy atom. The summed E-state index contributed by atoms with van der Waals surface area (Å²) in [4.78, 5) is 29.6. The predicted molar refractivity (Wildman–Crippen MR) is 127 cm³/mol. The first-order chi connectivity index (χ1) is 14.6. The van der Waals surface area contributed by atoms with E-state index in [-0.39, 0.29) is 17.2 Å². The van der Waals surface area contributed by atoms with Gasteiger partial charge in [0, 0.05) is 33.6 Å². The van der Waals surface area contributed by atoms with Gasteiger partial charge in [-0.15, -0.1) is 0 Å². The van der Waals surface area contributed by atoms with Crippen LogP contribution in [-0.2, 0) is 16.0 Å². The third kappa shape index (κ3) is 5.75.